The molecule has 1 fully saturated rings. The maximum absolute atomic E-state index is 10.8. The van der Waals surface area contributed by atoms with Gasteiger partial charge in [0, 0.05) is 6.54 Å². The molecule has 17 heavy (non-hydrogen) atoms. The average molecular weight is 255 g/mol. The third kappa shape index (κ3) is 2.88. The largest absolute Gasteiger partial charge is 0.478 e. The van der Waals surface area contributed by atoms with Crippen LogP contribution in [0.25, 0.3) is 0 Å². The van der Waals surface area contributed by atoms with Gasteiger partial charge in [-0.05, 0) is 29.9 Å². The van der Waals surface area contributed by atoms with Gasteiger partial charge >= 0.3 is 5.97 Å². The lowest BCUT2D eigenvalue weighted by atomic mass is 10.1. The number of halogens is 1. The van der Waals surface area contributed by atoms with Crippen LogP contribution in [0.4, 0.5) is 5.82 Å². The SMILES string of the molecule is CC1(C)C[C@H]1CNc1cc(C(=O)O)cc(Cl)n1. The average Bonchev–Trinajstić information content (AvgIpc) is 2.83. The molecule has 0 amide bonds. The van der Waals surface area contributed by atoms with Crippen molar-refractivity contribution in [1.29, 1.82) is 0 Å². The Balaban J connectivity index is 2.03. The third-order valence-electron chi connectivity index (χ3n) is 3.29. The van der Waals surface area contributed by atoms with Crippen molar-refractivity contribution in [3.05, 3.63) is 22.8 Å². The summed E-state index contributed by atoms with van der Waals surface area (Å²) >= 11 is 5.77. The summed E-state index contributed by atoms with van der Waals surface area (Å²) in [6.45, 7) is 5.24. The highest BCUT2D eigenvalue weighted by Crippen LogP contribution is 2.51. The van der Waals surface area contributed by atoms with E-state index < -0.39 is 5.97 Å². The molecule has 1 saturated carbocycles. The van der Waals surface area contributed by atoms with Crippen LogP contribution in [0.5, 0.6) is 0 Å². The predicted octanol–water partition coefficient (Wildman–Crippen LogP) is 2.89. The Morgan fingerprint density at radius 3 is 2.82 bits per heavy atom. The zero-order chi connectivity index (χ0) is 12.6. The van der Waals surface area contributed by atoms with Gasteiger partial charge in [0.2, 0.25) is 0 Å². The van der Waals surface area contributed by atoms with Gasteiger partial charge in [0.25, 0.3) is 0 Å². The van der Waals surface area contributed by atoms with Crippen molar-refractivity contribution in [2.75, 3.05) is 11.9 Å². The molecule has 1 atom stereocenters. The van der Waals surface area contributed by atoms with Crippen molar-refractivity contribution < 1.29 is 9.90 Å². The van der Waals surface area contributed by atoms with Gasteiger partial charge in [-0.25, -0.2) is 9.78 Å². The molecule has 1 aliphatic carbocycles. The normalized spacial score (nSPS) is 21.0. The van der Waals surface area contributed by atoms with E-state index in [0.717, 1.165) is 6.54 Å². The standard InChI is InChI=1S/C12H15ClN2O2/c1-12(2)5-8(12)6-14-10-4-7(11(16)17)3-9(13)15-10/h3-4,8H,5-6H2,1-2H3,(H,14,15)(H,16,17)/t8-/m0/s1. The summed E-state index contributed by atoms with van der Waals surface area (Å²) in [4.78, 5) is 14.9. The van der Waals surface area contributed by atoms with Crippen LogP contribution in [0.15, 0.2) is 12.1 Å². The van der Waals surface area contributed by atoms with Crippen molar-refractivity contribution in [2.24, 2.45) is 11.3 Å². The number of aromatic carboxylic acids is 1. The Morgan fingerprint density at radius 2 is 2.29 bits per heavy atom. The molecule has 0 radical (unpaired) electrons. The van der Waals surface area contributed by atoms with Crippen molar-refractivity contribution in [3.63, 3.8) is 0 Å². The van der Waals surface area contributed by atoms with Crippen molar-refractivity contribution in [3.8, 4) is 0 Å². The number of carboxylic acids is 1. The number of hydrogen-bond donors (Lipinski definition) is 2. The van der Waals surface area contributed by atoms with E-state index in [2.05, 4.69) is 24.1 Å². The van der Waals surface area contributed by atoms with E-state index >= 15 is 0 Å². The Bertz CT molecular complexity index is 460. The summed E-state index contributed by atoms with van der Waals surface area (Å²) in [5, 5.41) is 12.2. The summed E-state index contributed by atoms with van der Waals surface area (Å²) in [5.41, 5.74) is 0.545. The van der Waals surface area contributed by atoms with Crippen LogP contribution in [0.1, 0.15) is 30.6 Å². The first-order valence-electron chi connectivity index (χ1n) is 5.53. The molecular weight excluding hydrogens is 240 g/mol. The van der Waals surface area contributed by atoms with Crippen molar-refractivity contribution in [1.82, 2.24) is 4.98 Å². The highest BCUT2D eigenvalue weighted by atomic mass is 35.5. The summed E-state index contributed by atoms with van der Waals surface area (Å²) in [7, 11) is 0. The number of nitrogens with one attached hydrogen (secondary N) is 1. The van der Waals surface area contributed by atoms with E-state index in [1.54, 1.807) is 0 Å². The number of aromatic nitrogens is 1. The quantitative estimate of drug-likeness (QED) is 0.811. The predicted molar refractivity (Wildman–Crippen MR) is 66.6 cm³/mol. The van der Waals surface area contributed by atoms with Crippen LogP contribution < -0.4 is 5.32 Å². The number of hydrogen-bond acceptors (Lipinski definition) is 3. The molecule has 1 aromatic heterocycles. The lowest BCUT2D eigenvalue weighted by molar-refractivity contribution is 0.0697. The van der Waals surface area contributed by atoms with Crippen LogP contribution in [-0.4, -0.2) is 22.6 Å². The van der Waals surface area contributed by atoms with E-state index in [9.17, 15) is 4.79 Å². The molecule has 92 valence electrons. The molecule has 0 saturated heterocycles. The molecule has 0 aliphatic heterocycles. The second-order valence-electron chi connectivity index (χ2n) is 5.14. The molecule has 0 spiro atoms. The minimum Gasteiger partial charge on any atom is -0.478 e. The highest BCUT2D eigenvalue weighted by Gasteiger charge is 2.44. The monoisotopic (exact) mass is 254 g/mol. The topological polar surface area (TPSA) is 62.2 Å². The van der Waals surface area contributed by atoms with Crippen LogP contribution in [0.3, 0.4) is 0 Å². The molecule has 1 aliphatic rings. The lowest BCUT2D eigenvalue weighted by Gasteiger charge is -2.08. The summed E-state index contributed by atoms with van der Waals surface area (Å²) in [5.74, 6) is 0.151. The highest BCUT2D eigenvalue weighted by molar-refractivity contribution is 6.29. The zero-order valence-electron chi connectivity index (χ0n) is 9.83. The fourth-order valence-corrected chi connectivity index (χ4v) is 2.07. The Morgan fingerprint density at radius 1 is 1.65 bits per heavy atom. The van der Waals surface area contributed by atoms with E-state index in [1.165, 1.54) is 18.6 Å². The number of rotatable bonds is 4. The van der Waals surface area contributed by atoms with Gasteiger partial charge in [0.05, 0.1) is 5.56 Å². The van der Waals surface area contributed by atoms with E-state index in [1.807, 2.05) is 0 Å². The Kier molecular flexibility index (Phi) is 3.00. The van der Waals surface area contributed by atoms with Gasteiger partial charge in [0.15, 0.2) is 0 Å². The first-order chi connectivity index (χ1) is 7.88. The number of nitrogens with zero attached hydrogens (tertiary/aromatic N) is 1. The number of carbonyl (C=O) groups is 1. The van der Waals surface area contributed by atoms with Gasteiger partial charge in [0.1, 0.15) is 11.0 Å². The van der Waals surface area contributed by atoms with Gasteiger partial charge in [-0.2, -0.15) is 0 Å². The number of anilines is 1. The Hall–Kier alpha value is -1.29. The van der Waals surface area contributed by atoms with Crippen LogP contribution >= 0.6 is 11.6 Å². The first kappa shape index (κ1) is 12.2. The second kappa shape index (κ2) is 4.18. The Labute approximate surface area is 105 Å². The molecular formula is C12H15ClN2O2. The minimum atomic E-state index is -0.996. The van der Waals surface area contributed by atoms with Crippen molar-refractivity contribution >= 4 is 23.4 Å². The molecule has 1 aromatic rings. The van der Waals surface area contributed by atoms with E-state index in [0.29, 0.717) is 17.2 Å². The second-order valence-corrected chi connectivity index (χ2v) is 5.53. The first-order valence-corrected chi connectivity index (χ1v) is 5.91. The van der Waals surface area contributed by atoms with Crippen LogP contribution in [-0.2, 0) is 0 Å². The minimum absolute atomic E-state index is 0.155. The van der Waals surface area contributed by atoms with Gasteiger partial charge in [-0.1, -0.05) is 25.4 Å². The van der Waals surface area contributed by atoms with Crippen LogP contribution in [0.2, 0.25) is 5.15 Å². The number of pyridine rings is 1. The lowest BCUT2D eigenvalue weighted by Crippen LogP contribution is -2.09. The molecule has 4 nitrogen and oxygen atoms in total. The summed E-state index contributed by atoms with van der Waals surface area (Å²) in [6, 6.07) is 2.85. The summed E-state index contributed by atoms with van der Waals surface area (Å²) < 4.78 is 0. The molecule has 1 heterocycles. The third-order valence-corrected chi connectivity index (χ3v) is 3.48. The molecule has 0 aromatic carbocycles. The smallest absolute Gasteiger partial charge is 0.335 e. The van der Waals surface area contributed by atoms with E-state index in [-0.39, 0.29) is 10.7 Å². The fourth-order valence-electron chi connectivity index (χ4n) is 1.86. The maximum atomic E-state index is 10.8. The molecule has 0 unspecified atom stereocenters. The van der Waals surface area contributed by atoms with Gasteiger partial charge < -0.3 is 10.4 Å². The molecule has 5 heteroatoms. The zero-order valence-corrected chi connectivity index (χ0v) is 10.6. The van der Waals surface area contributed by atoms with Gasteiger partial charge in [-0.15, -0.1) is 0 Å². The van der Waals surface area contributed by atoms with Crippen molar-refractivity contribution in [2.45, 2.75) is 20.3 Å². The van der Waals surface area contributed by atoms with Gasteiger partial charge in [-0.3, -0.25) is 0 Å². The number of carboxylic acid groups (broad SMARTS) is 1. The molecule has 2 rings (SSSR count). The fraction of sp³-hybridized carbons (Fsp3) is 0.500. The maximum Gasteiger partial charge on any atom is 0.335 e. The summed E-state index contributed by atoms with van der Waals surface area (Å²) in [6.07, 6.45) is 1.19. The molecule has 0 bridgehead atoms. The molecule has 2 N–H and O–H groups in total. The van der Waals surface area contributed by atoms with Crippen LogP contribution in [0, 0.1) is 11.3 Å². The van der Waals surface area contributed by atoms with E-state index in [4.69, 9.17) is 16.7 Å².